The van der Waals surface area contributed by atoms with Crippen LogP contribution in [0.2, 0.25) is 5.02 Å². The van der Waals surface area contributed by atoms with Crippen LogP contribution in [0.15, 0.2) is 72.8 Å². The summed E-state index contributed by atoms with van der Waals surface area (Å²) in [5, 5.41) is 0.655. The van der Waals surface area contributed by atoms with Crippen LogP contribution in [0.4, 0.5) is 5.69 Å². The number of nitrogens with zero attached hydrogens (tertiary/aromatic N) is 2. The molecule has 0 saturated carbocycles. The second-order valence-electron chi connectivity index (χ2n) is 8.06. The molecule has 0 aliphatic carbocycles. The minimum absolute atomic E-state index is 0.207. The number of hydrogen-bond acceptors (Lipinski definition) is 6. The molecule has 182 valence electrons. The van der Waals surface area contributed by atoms with Gasteiger partial charge < -0.3 is 24.0 Å². The largest absolute Gasteiger partial charge is 0.493 e. The van der Waals surface area contributed by atoms with E-state index in [1.165, 1.54) is 7.11 Å². The first kappa shape index (κ1) is 24.4. The van der Waals surface area contributed by atoms with Gasteiger partial charge in [-0.1, -0.05) is 41.9 Å². The zero-order valence-electron chi connectivity index (χ0n) is 19.5. The number of ether oxygens (including phenoxy) is 3. The number of carbonyl (C=O) groups is 2. The van der Waals surface area contributed by atoms with Gasteiger partial charge in [0.25, 0.3) is 5.91 Å². The summed E-state index contributed by atoms with van der Waals surface area (Å²) in [7, 11) is 1.50. The molecule has 0 atom stereocenters. The maximum atomic E-state index is 12.6. The van der Waals surface area contributed by atoms with E-state index in [0.29, 0.717) is 36.2 Å². The fourth-order valence-corrected chi connectivity index (χ4v) is 3.94. The number of anilines is 1. The highest BCUT2D eigenvalue weighted by Gasteiger charge is 2.22. The van der Waals surface area contributed by atoms with Gasteiger partial charge in [-0.3, -0.25) is 4.79 Å². The maximum absolute atomic E-state index is 12.6. The first-order valence-corrected chi connectivity index (χ1v) is 11.7. The topological polar surface area (TPSA) is 68.3 Å². The van der Waals surface area contributed by atoms with Gasteiger partial charge >= 0.3 is 5.97 Å². The predicted octanol–water partition coefficient (Wildman–Crippen LogP) is 4.43. The van der Waals surface area contributed by atoms with E-state index in [1.54, 1.807) is 35.2 Å². The highest BCUT2D eigenvalue weighted by Crippen LogP contribution is 2.29. The second kappa shape index (κ2) is 11.6. The molecule has 1 fully saturated rings. The summed E-state index contributed by atoms with van der Waals surface area (Å²) in [4.78, 5) is 29.1. The summed E-state index contributed by atoms with van der Waals surface area (Å²) in [6.07, 6.45) is 0. The molecule has 3 aromatic carbocycles. The standard InChI is InChI=1S/C27H27ClN2O5/c1-33-25-17-21(9-12-24(25)34-18-20-7-10-22(28)11-8-20)27(32)35-19-26(31)30-15-13-29(14-16-30)23-5-3-2-4-6-23/h2-12,17H,13-16,18-19H2,1H3. The molecule has 0 spiro atoms. The van der Waals surface area contributed by atoms with Gasteiger partial charge in [-0.15, -0.1) is 0 Å². The van der Waals surface area contributed by atoms with Gasteiger partial charge in [0.2, 0.25) is 0 Å². The van der Waals surface area contributed by atoms with Crippen molar-refractivity contribution in [1.29, 1.82) is 0 Å². The second-order valence-corrected chi connectivity index (χ2v) is 8.50. The summed E-state index contributed by atoms with van der Waals surface area (Å²) in [5.41, 5.74) is 2.37. The Hall–Kier alpha value is -3.71. The van der Waals surface area contributed by atoms with E-state index in [0.717, 1.165) is 24.3 Å². The Kier molecular flexibility index (Phi) is 8.11. The minimum atomic E-state index is -0.594. The minimum Gasteiger partial charge on any atom is -0.493 e. The highest BCUT2D eigenvalue weighted by molar-refractivity contribution is 6.30. The number of amides is 1. The normalized spacial score (nSPS) is 13.3. The number of rotatable bonds is 8. The van der Waals surface area contributed by atoms with Gasteiger partial charge in [-0.2, -0.15) is 0 Å². The van der Waals surface area contributed by atoms with Crippen molar-refractivity contribution in [2.24, 2.45) is 0 Å². The van der Waals surface area contributed by atoms with Crippen molar-refractivity contribution in [2.75, 3.05) is 44.8 Å². The maximum Gasteiger partial charge on any atom is 0.338 e. The lowest BCUT2D eigenvalue weighted by molar-refractivity contribution is -0.134. The zero-order chi connectivity index (χ0) is 24.6. The van der Waals surface area contributed by atoms with Crippen LogP contribution in [0, 0.1) is 0 Å². The van der Waals surface area contributed by atoms with Crippen LogP contribution in [-0.4, -0.2) is 56.7 Å². The number of carbonyl (C=O) groups excluding carboxylic acids is 2. The number of methoxy groups -OCH3 is 1. The van der Waals surface area contributed by atoms with Crippen molar-refractivity contribution in [3.05, 3.63) is 88.9 Å². The van der Waals surface area contributed by atoms with E-state index in [2.05, 4.69) is 17.0 Å². The van der Waals surface area contributed by atoms with Crippen LogP contribution in [0.5, 0.6) is 11.5 Å². The molecule has 1 amide bonds. The molecule has 1 aliphatic heterocycles. The van der Waals surface area contributed by atoms with Gasteiger partial charge in [0, 0.05) is 36.9 Å². The van der Waals surface area contributed by atoms with Gasteiger partial charge in [-0.05, 0) is 48.0 Å². The van der Waals surface area contributed by atoms with Crippen LogP contribution in [0.25, 0.3) is 0 Å². The van der Waals surface area contributed by atoms with E-state index in [9.17, 15) is 9.59 Å². The fraction of sp³-hybridized carbons (Fsp3) is 0.259. The average Bonchev–Trinajstić information content (AvgIpc) is 2.91. The predicted molar refractivity (Wildman–Crippen MR) is 134 cm³/mol. The van der Waals surface area contributed by atoms with E-state index in [1.807, 2.05) is 30.3 Å². The van der Waals surface area contributed by atoms with Crippen molar-refractivity contribution >= 4 is 29.2 Å². The number of piperazine rings is 1. The van der Waals surface area contributed by atoms with Crippen LogP contribution < -0.4 is 14.4 Å². The first-order valence-electron chi connectivity index (χ1n) is 11.3. The Morgan fingerprint density at radius 3 is 2.29 bits per heavy atom. The number of benzene rings is 3. The molecule has 7 nitrogen and oxygen atoms in total. The van der Waals surface area contributed by atoms with E-state index in [4.69, 9.17) is 25.8 Å². The van der Waals surface area contributed by atoms with Crippen LogP contribution in [0.1, 0.15) is 15.9 Å². The van der Waals surface area contributed by atoms with E-state index < -0.39 is 5.97 Å². The molecule has 1 saturated heterocycles. The van der Waals surface area contributed by atoms with Gasteiger partial charge in [-0.25, -0.2) is 4.79 Å². The van der Waals surface area contributed by atoms with Gasteiger partial charge in [0.05, 0.1) is 12.7 Å². The Labute approximate surface area is 209 Å². The molecule has 4 rings (SSSR count). The Morgan fingerprint density at radius 2 is 1.60 bits per heavy atom. The monoisotopic (exact) mass is 494 g/mol. The quantitative estimate of drug-likeness (QED) is 0.431. The van der Waals surface area contributed by atoms with Crippen LogP contribution >= 0.6 is 11.6 Å². The van der Waals surface area contributed by atoms with Crippen molar-refractivity contribution in [3.63, 3.8) is 0 Å². The molecule has 35 heavy (non-hydrogen) atoms. The lowest BCUT2D eigenvalue weighted by Crippen LogP contribution is -2.49. The molecule has 0 N–H and O–H groups in total. The smallest absolute Gasteiger partial charge is 0.338 e. The van der Waals surface area contributed by atoms with Crippen molar-refractivity contribution in [2.45, 2.75) is 6.61 Å². The third-order valence-electron chi connectivity index (χ3n) is 5.79. The number of para-hydroxylation sites is 1. The number of hydrogen-bond donors (Lipinski definition) is 0. The Morgan fingerprint density at radius 1 is 0.886 bits per heavy atom. The lowest BCUT2D eigenvalue weighted by Gasteiger charge is -2.36. The summed E-state index contributed by atoms with van der Waals surface area (Å²) in [5.74, 6) is 0.0907. The summed E-state index contributed by atoms with van der Waals surface area (Å²) in [6.45, 7) is 2.65. The number of halogens is 1. The van der Waals surface area contributed by atoms with Crippen molar-refractivity contribution < 1.29 is 23.8 Å². The third kappa shape index (κ3) is 6.45. The summed E-state index contributed by atoms with van der Waals surface area (Å²) in [6, 6.07) is 22.2. The molecule has 1 aliphatic rings. The molecule has 1 heterocycles. The zero-order valence-corrected chi connectivity index (χ0v) is 20.2. The SMILES string of the molecule is COc1cc(C(=O)OCC(=O)N2CCN(c3ccccc3)CC2)ccc1OCc1ccc(Cl)cc1. The van der Waals surface area contributed by atoms with Crippen molar-refractivity contribution in [1.82, 2.24) is 4.90 Å². The van der Waals surface area contributed by atoms with Crippen LogP contribution in [-0.2, 0) is 16.1 Å². The van der Waals surface area contributed by atoms with E-state index >= 15 is 0 Å². The first-order chi connectivity index (χ1) is 17.0. The van der Waals surface area contributed by atoms with Crippen LogP contribution in [0.3, 0.4) is 0 Å². The number of esters is 1. The van der Waals surface area contributed by atoms with E-state index in [-0.39, 0.29) is 18.1 Å². The Bertz CT molecular complexity index is 1150. The molecule has 0 aromatic heterocycles. The average molecular weight is 495 g/mol. The third-order valence-corrected chi connectivity index (χ3v) is 6.04. The van der Waals surface area contributed by atoms with Gasteiger partial charge in [0.1, 0.15) is 6.61 Å². The molecule has 3 aromatic rings. The summed E-state index contributed by atoms with van der Waals surface area (Å²) < 4.78 is 16.5. The molecule has 0 radical (unpaired) electrons. The summed E-state index contributed by atoms with van der Waals surface area (Å²) >= 11 is 5.91. The molecular formula is C27H27ClN2O5. The molecule has 8 heteroatoms. The Balaban J connectivity index is 1.27. The van der Waals surface area contributed by atoms with Crippen molar-refractivity contribution in [3.8, 4) is 11.5 Å². The molecular weight excluding hydrogens is 468 g/mol. The highest BCUT2D eigenvalue weighted by atomic mass is 35.5. The lowest BCUT2D eigenvalue weighted by atomic mass is 10.2. The molecule has 0 unspecified atom stereocenters. The molecule has 0 bridgehead atoms. The van der Waals surface area contributed by atoms with Gasteiger partial charge in [0.15, 0.2) is 18.1 Å². The fourth-order valence-electron chi connectivity index (χ4n) is 3.81.